The highest BCUT2D eigenvalue weighted by molar-refractivity contribution is 5.62. The van der Waals surface area contributed by atoms with Crippen LogP contribution in [0.4, 0.5) is 13.2 Å². The Kier molecular flexibility index (Phi) is 6.90. The molecule has 1 unspecified atom stereocenters. The van der Waals surface area contributed by atoms with Gasteiger partial charge in [0, 0.05) is 23.9 Å². The standard InChI is InChI=1S/C24H25F3N2O4/c1-16-22(15-31-14-17-6-4-3-5-7-17)32-11-10-19-13-28-23(29(16)19)18-8-9-20(21(12-18)30-2)33-24(25,26)27/h3-9,12-13,16,22H,10-11,14-15H2,1-2H3/t16?,22-/m1/s1. The van der Waals surface area contributed by atoms with Crippen LogP contribution in [0.15, 0.2) is 54.7 Å². The van der Waals surface area contributed by atoms with E-state index in [-0.39, 0.29) is 17.9 Å². The van der Waals surface area contributed by atoms with Crippen LogP contribution in [0.2, 0.25) is 0 Å². The third kappa shape index (κ3) is 5.48. The van der Waals surface area contributed by atoms with Gasteiger partial charge in [0.05, 0.1) is 33.0 Å². The van der Waals surface area contributed by atoms with Crippen molar-refractivity contribution in [2.24, 2.45) is 0 Å². The van der Waals surface area contributed by atoms with Crippen LogP contribution < -0.4 is 9.47 Å². The van der Waals surface area contributed by atoms with Gasteiger partial charge in [0.2, 0.25) is 0 Å². The summed E-state index contributed by atoms with van der Waals surface area (Å²) in [6, 6.07) is 14.1. The van der Waals surface area contributed by atoms with E-state index in [1.165, 1.54) is 19.2 Å². The fourth-order valence-corrected chi connectivity index (χ4v) is 3.94. The molecule has 2 aromatic carbocycles. The minimum atomic E-state index is -4.81. The lowest BCUT2D eigenvalue weighted by atomic mass is 10.1. The van der Waals surface area contributed by atoms with Gasteiger partial charge in [-0.25, -0.2) is 4.98 Å². The molecule has 2 atom stereocenters. The van der Waals surface area contributed by atoms with Crippen molar-refractivity contribution >= 4 is 0 Å². The van der Waals surface area contributed by atoms with Gasteiger partial charge in [-0.05, 0) is 30.7 Å². The van der Waals surface area contributed by atoms with E-state index >= 15 is 0 Å². The van der Waals surface area contributed by atoms with E-state index in [4.69, 9.17) is 14.2 Å². The van der Waals surface area contributed by atoms with Crippen molar-refractivity contribution in [3.05, 3.63) is 66.0 Å². The molecule has 1 aliphatic rings. The zero-order chi connectivity index (χ0) is 23.4. The van der Waals surface area contributed by atoms with E-state index in [9.17, 15) is 13.2 Å². The van der Waals surface area contributed by atoms with E-state index in [1.807, 2.05) is 37.3 Å². The summed E-state index contributed by atoms with van der Waals surface area (Å²) in [6.45, 7) is 3.43. The van der Waals surface area contributed by atoms with Gasteiger partial charge in [-0.1, -0.05) is 30.3 Å². The van der Waals surface area contributed by atoms with Crippen molar-refractivity contribution < 1.29 is 32.1 Å². The lowest BCUT2D eigenvalue weighted by Crippen LogP contribution is -2.29. The number of methoxy groups -OCH3 is 1. The molecule has 3 aromatic rings. The number of ether oxygens (including phenoxy) is 4. The summed E-state index contributed by atoms with van der Waals surface area (Å²) in [7, 11) is 1.30. The first-order valence-corrected chi connectivity index (χ1v) is 10.6. The predicted octanol–water partition coefficient (Wildman–Crippen LogP) is 5.18. The molecule has 6 nitrogen and oxygen atoms in total. The zero-order valence-corrected chi connectivity index (χ0v) is 18.3. The number of imidazole rings is 1. The van der Waals surface area contributed by atoms with Gasteiger partial charge in [-0.15, -0.1) is 13.2 Å². The van der Waals surface area contributed by atoms with E-state index in [1.54, 1.807) is 12.3 Å². The molecule has 9 heteroatoms. The molecule has 0 saturated heterocycles. The SMILES string of the molecule is COc1cc(-c2ncc3n2C(C)[C@@H](COCc2ccccc2)OCC3)ccc1OC(F)(F)F. The summed E-state index contributed by atoms with van der Waals surface area (Å²) in [5.41, 5.74) is 2.68. The van der Waals surface area contributed by atoms with Crippen molar-refractivity contribution in [3.8, 4) is 22.9 Å². The monoisotopic (exact) mass is 462 g/mol. The van der Waals surface area contributed by atoms with E-state index in [2.05, 4.69) is 14.3 Å². The second kappa shape index (κ2) is 9.84. The minimum absolute atomic E-state index is 0.0255. The van der Waals surface area contributed by atoms with Crippen LogP contribution in [0, 0.1) is 0 Å². The molecule has 33 heavy (non-hydrogen) atoms. The Balaban J connectivity index is 1.55. The van der Waals surface area contributed by atoms with Gasteiger partial charge in [-0.3, -0.25) is 0 Å². The maximum atomic E-state index is 12.7. The Hall–Kier alpha value is -3.04. The van der Waals surface area contributed by atoms with E-state index in [0.717, 1.165) is 11.3 Å². The zero-order valence-electron chi connectivity index (χ0n) is 18.3. The molecule has 176 valence electrons. The highest BCUT2D eigenvalue weighted by atomic mass is 19.4. The molecule has 2 heterocycles. The Bertz CT molecular complexity index is 1070. The van der Waals surface area contributed by atoms with Gasteiger partial charge < -0.3 is 23.5 Å². The van der Waals surface area contributed by atoms with Crippen LogP contribution in [-0.2, 0) is 22.5 Å². The Morgan fingerprint density at radius 1 is 1.12 bits per heavy atom. The van der Waals surface area contributed by atoms with Crippen molar-refractivity contribution in [2.75, 3.05) is 20.3 Å². The molecule has 0 saturated carbocycles. The number of halogens is 3. The van der Waals surface area contributed by atoms with Crippen molar-refractivity contribution in [1.29, 1.82) is 0 Å². The van der Waals surface area contributed by atoms with Crippen molar-refractivity contribution in [3.63, 3.8) is 0 Å². The summed E-state index contributed by atoms with van der Waals surface area (Å²) in [5, 5.41) is 0. The quantitative estimate of drug-likeness (QED) is 0.485. The first kappa shape index (κ1) is 23.1. The fourth-order valence-electron chi connectivity index (χ4n) is 3.94. The smallest absolute Gasteiger partial charge is 0.493 e. The molecule has 0 N–H and O–H groups in total. The second-order valence-corrected chi connectivity index (χ2v) is 7.76. The molecule has 0 bridgehead atoms. The predicted molar refractivity (Wildman–Crippen MR) is 115 cm³/mol. The second-order valence-electron chi connectivity index (χ2n) is 7.76. The number of rotatable bonds is 7. The van der Waals surface area contributed by atoms with Crippen molar-refractivity contribution in [1.82, 2.24) is 9.55 Å². The van der Waals surface area contributed by atoms with Gasteiger partial charge >= 0.3 is 6.36 Å². The third-order valence-corrected chi connectivity index (χ3v) is 5.55. The molecular formula is C24H25F3N2O4. The molecule has 0 aliphatic carbocycles. The highest BCUT2D eigenvalue weighted by Gasteiger charge is 2.33. The summed E-state index contributed by atoms with van der Waals surface area (Å²) >= 11 is 0. The molecule has 0 spiro atoms. The summed E-state index contributed by atoms with van der Waals surface area (Å²) in [6.07, 6.45) is -2.58. The lowest BCUT2D eigenvalue weighted by molar-refractivity contribution is -0.275. The minimum Gasteiger partial charge on any atom is -0.493 e. The number of aromatic nitrogens is 2. The molecule has 4 rings (SSSR count). The number of hydrogen-bond acceptors (Lipinski definition) is 5. The van der Waals surface area contributed by atoms with Gasteiger partial charge in [-0.2, -0.15) is 0 Å². The Labute approximate surface area is 189 Å². The van der Waals surface area contributed by atoms with Gasteiger partial charge in [0.1, 0.15) is 11.9 Å². The first-order valence-electron chi connectivity index (χ1n) is 10.6. The number of hydrogen-bond donors (Lipinski definition) is 0. The molecular weight excluding hydrogens is 437 g/mol. The van der Waals surface area contributed by atoms with Crippen LogP contribution in [0.3, 0.4) is 0 Å². The van der Waals surface area contributed by atoms with Gasteiger partial charge in [0.25, 0.3) is 0 Å². The number of benzene rings is 2. The van der Waals surface area contributed by atoms with Gasteiger partial charge in [0.15, 0.2) is 11.5 Å². The van der Waals surface area contributed by atoms with Crippen molar-refractivity contribution in [2.45, 2.75) is 38.5 Å². The van der Waals surface area contributed by atoms with Crippen LogP contribution in [0.25, 0.3) is 11.4 Å². The maximum Gasteiger partial charge on any atom is 0.573 e. The fraction of sp³-hybridized carbons (Fsp3) is 0.375. The largest absolute Gasteiger partial charge is 0.573 e. The summed E-state index contributed by atoms with van der Waals surface area (Å²) in [5.74, 6) is 0.190. The molecule has 0 fully saturated rings. The van der Waals surface area contributed by atoms with Crippen LogP contribution in [0.5, 0.6) is 11.5 Å². The number of alkyl halides is 3. The topological polar surface area (TPSA) is 54.7 Å². The normalized spacial score (nSPS) is 18.5. The molecule has 1 aromatic heterocycles. The summed E-state index contributed by atoms with van der Waals surface area (Å²) in [4.78, 5) is 4.55. The molecule has 0 radical (unpaired) electrons. The Morgan fingerprint density at radius 3 is 2.64 bits per heavy atom. The highest BCUT2D eigenvalue weighted by Crippen LogP contribution is 2.37. The van der Waals surface area contributed by atoms with Crippen LogP contribution >= 0.6 is 0 Å². The maximum absolute atomic E-state index is 12.7. The third-order valence-electron chi connectivity index (χ3n) is 5.55. The molecule has 0 amide bonds. The number of fused-ring (bicyclic) bond motifs is 1. The lowest BCUT2D eigenvalue weighted by Gasteiger charge is -2.25. The van der Waals surface area contributed by atoms with E-state index in [0.29, 0.717) is 37.6 Å². The summed E-state index contributed by atoms with van der Waals surface area (Å²) < 4.78 is 61.3. The van der Waals surface area contributed by atoms with Crippen LogP contribution in [0.1, 0.15) is 24.2 Å². The average Bonchev–Trinajstić information content (AvgIpc) is 3.14. The van der Waals surface area contributed by atoms with E-state index < -0.39 is 12.1 Å². The number of nitrogens with zero attached hydrogens (tertiary/aromatic N) is 2. The Morgan fingerprint density at radius 2 is 1.91 bits per heavy atom. The van der Waals surface area contributed by atoms with Crippen LogP contribution in [-0.4, -0.2) is 42.3 Å². The molecule has 1 aliphatic heterocycles. The average molecular weight is 462 g/mol. The first-order chi connectivity index (χ1) is 15.9.